The van der Waals surface area contributed by atoms with Gasteiger partial charge >= 0.3 is 21.3 Å². The molecule has 18 heteroatoms. The lowest BCUT2D eigenvalue weighted by molar-refractivity contribution is -0.208. The lowest BCUT2D eigenvalue weighted by Crippen LogP contribution is -2.60. The number of aryl methyl sites for hydroxylation is 1. The second kappa shape index (κ2) is 10.2. The summed E-state index contributed by atoms with van der Waals surface area (Å²) in [5.41, 5.74) is 3.54. The van der Waals surface area contributed by atoms with E-state index in [-0.39, 0.29) is 18.4 Å². The van der Waals surface area contributed by atoms with Gasteiger partial charge in [-0.25, -0.2) is 13.9 Å². The molecular formula is C17H29N3O13P2. The summed E-state index contributed by atoms with van der Waals surface area (Å²) in [4.78, 5) is 45.4. The molecule has 0 bridgehead atoms. The van der Waals surface area contributed by atoms with Crippen LogP contribution in [0, 0.1) is 6.92 Å². The molecule has 1 aromatic rings. The van der Waals surface area contributed by atoms with Crippen LogP contribution in [0.15, 0.2) is 15.8 Å². The summed E-state index contributed by atoms with van der Waals surface area (Å²) in [5.74, 6) is 0. The summed E-state index contributed by atoms with van der Waals surface area (Å²) in [5, 5.41) is 20.2. The maximum absolute atomic E-state index is 12.3. The lowest BCUT2D eigenvalue weighted by atomic mass is 9.86. The van der Waals surface area contributed by atoms with E-state index in [1.807, 2.05) is 0 Å². The first-order valence-corrected chi connectivity index (χ1v) is 13.5. The van der Waals surface area contributed by atoms with Crippen molar-refractivity contribution in [2.75, 3.05) is 6.61 Å². The molecule has 16 nitrogen and oxygen atoms in total. The van der Waals surface area contributed by atoms with Crippen molar-refractivity contribution in [1.82, 2.24) is 9.55 Å². The Morgan fingerprint density at radius 2 is 1.91 bits per heavy atom. The molecule has 0 spiro atoms. The largest absolute Gasteiger partial charge is 0.483 e. The Hall–Kier alpha value is -1.26. The van der Waals surface area contributed by atoms with Gasteiger partial charge in [0.2, 0.25) is 0 Å². The minimum atomic E-state index is -5.22. The van der Waals surface area contributed by atoms with Gasteiger partial charge in [-0.2, -0.15) is 4.31 Å². The molecule has 1 aromatic heterocycles. The SMILES string of the molecule is Cc1cn([C@H]2C[C@H](O)[C@@H](COP(=O)(O)OP(=O)(O)OC3C[C@](C)(N)[C@@H](O)[C@H](C)O3)O2)c(=O)[nH]c1=O. The summed E-state index contributed by atoms with van der Waals surface area (Å²) in [6.07, 6.45) is -5.97. The summed E-state index contributed by atoms with van der Waals surface area (Å²) >= 11 is 0. The molecule has 0 aliphatic carbocycles. The van der Waals surface area contributed by atoms with E-state index in [0.29, 0.717) is 0 Å². The van der Waals surface area contributed by atoms with E-state index in [4.69, 9.17) is 19.7 Å². The molecule has 3 heterocycles. The highest BCUT2D eigenvalue weighted by Gasteiger charge is 2.46. The van der Waals surface area contributed by atoms with Crippen molar-refractivity contribution in [2.24, 2.45) is 5.73 Å². The molecule has 0 radical (unpaired) electrons. The molecule has 2 fully saturated rings. The molecule has 7 N–H and O–H groups in total. The molecule has 35 heavy (non-hydrogen) atoms. The first-order chi connectivity index (χ1) is 16.0. The number of H-pyrrole nitrogens is 1. The standard InChI is InChI=1S/C17H29N3O13P2/c1-8-6-20(16(24)19-15(8)23)12-4-10(21)11(31-12)7-29-34(25,26)33-35(27,28)32-13-5-17(3,18)14(22)9(2)30-13/h6,9-14,21-22H,4-5,7,18H2,1-3H3,(H,25,26)(H,27,28)(H,19,23,24)/t9-,10-,11+,12+,13?,14-,17-/m0/s1. The number of nitrogens with one attached hydrogen (secondary N) is 1. The molecule has 2 saturated heterocycles. The van der Waals surface area contributed by atoms with Crippen molar-refractivity contribution in [3.8, 4) is 0 Å². The van der Waals surface area contributed by atoms with Crippen LogP contribution >= 0.6 is 15.6 Å². The Bertz CT molecular complexity index is 1140. The van der Waals surface area contributed by atoms with Crippen LogP contribution < -0.4 is 17.0 Å². The van der Waals surface area contributed by atoms with Gasteiger partial charge in [0.25, 0.3) is 5.56 Å². The van der Waals surface area contributed by atoms with E-state index >= 15 is 0 Å². The fraction of sp³-hybridized carbons (Fsp3) is 0.765. The van der Waals surface area contributed by atoms with Crippen LogP contribution in [0.25, 0.3) is 0 Å². The van der Waals surface area contributed by atoms with Gasteiger partial charge in [-0.15, -0.1) is 0 Å². The zero-order chi connectivity index (χ0) is 26.3. The molecule has 3 unspecified atom stereocenters. The van der Waals surface area contributed by atoms with Crippen LogP contribution in [0.4, 0.5) is 0 Å². The van der Waals surface area contributed by atoms with Gasteiger partial charge < -0.3 is 35.2 Å². The van der Waals surface area contributed by atoms with Crippen molar-refractivity contribution in [3.05, 3.63) is 32.6 Å². The minimum absolute atomic E-state index is 0.113. The van der Waals surface area contributed by atoms with Gasteiger partial charge in [0.1, 0.15) is 12.3 Å². The minimum Gasteiger partial charge on any atom is -0.390 e. The van der Waals surface area contributed by atoms with Gasteiger partial charge in [-0.3, -0.25) is 23.4 Å². The van der Waals surface area contributed by atoms with Crippen LogP contribution in [0.3, 0.4) is 0 Å². The van der Waals surface area contributed by atoms with Crippen molar-refractivity contribution < 1.29 is 52.0 Å². The van der Waals surface area contributed by atoms with Crippen LogP contribution in [-0.2, 0) is 32.0 Å². The predicted octanol–water partition coefficient (Wildman–Crippen LogP) is -1.04. The molecule has 0 saturated carbocycles. The van der Waals surface area contributed by atoms with E-state index in [1.165, 1.54) is 27.0 Å². The van der Waals surface area contributed by atoms with Gasteiger partial charge in [-0.1, -0.05) is 0 Å². The Kier molecular flexibility index (Phi) is 8.29. The normalized spacial score (nSPS) is 37.0. The Labute approximate surface area is 198 Å². The third-order valence-corrected chi connectivity index (χ3v) is 8.24. The maximum Gasteiger partial charge on any atom is 0.483 e. The number of aromatic amines is 1. The summed E-state index contributed by atoms with van der Waals surface area (Å²) in [6.45, 7) is 3.63. The molecular weight excluding hydrogens is 516 g/mol. The predicted molar refractivity (Wildman–Crippen MR) is 116 cm³/mol. The zero-order valence-electron chi connectivity index (χ0n) is 19.0. The molecule has 0 aromatic carbocycles. The summed E-state index contributed by atoms with van der Waals surface area (Å²) < 4.78 is 50.0. The zero-order valence-corrected chi connectivity index (χ0v) is 20.8. The highest BCUT2D eigenvalue weighted by atomic mass is 31.3. The fourth-order valence-electron chi connectivity index (χ4n) is 3.77. The average molecular weight is 545 g/mol. The van der Waals surface area contributed by atoms with Gasteiger partial charge in [-0.05, 0) is 20.8 Å². The number of nitrogens with two attached hydrogens (primary N) is 1. The van der Waals surface area contributed by atoms with E-state index < -0.39 is 76.0 Å². The molecule has 200 valence electrons. The molecule has 9 atom stereocenters. The molecule has 3 rings (SSSR count). The number of phosphoric acid groups is 2. The quantitative estimate of drug-likeness (QED) is 0.214. The average Bonchev–Trinajstić information content (AvgIpc) is 3.06. The number of hydrogen-bond donors (Lipinski definition) is 6. The number of aromatic nitrogens is 2. The number of hydrogen-bond acceptors (Lipinski definition) is 12. The van der Waals surface area contributed by atoms with E-state index in [2.05, 4.69) is 13.8 Å². The Morgan fingerprint density at radius 1 is 1.26 bits per heavy atom. The number of nitrogens with zero attached hydrogens (tertiary/aromatic N) is 1. The van der Waals surface area contributed by atoms with Gasteiger partial charge in [0.15, 0.2) is 6.29 Å². The van der Waals surface area contributed by atoms with Gasteiger partial charge in [0, 0.05) is 30.1 Å². The van der Waals surface area contributed by atoms with Crippen LogP contribution in [0.5, 0.6) is 0 Å². The van der Waals surface area contributed by atoms with E-state index in [9.17, 15) is 38.7 Å². The first-order valence-electron chi connectivity index (χ1n) is 10.5. The second-order valence-electron chi connectivity index (χ2n) is 8.76. The molecule has 0 amide bonds. The third-order valence-electron chi connectivity index (χ3n) is 5.61. The highest BCUT2D eigenvalue weighted by molar-refractivity contribution is 7.61. The topological polar surface area (TPSA) is 242 Å². The number of aliphatic hydroxyl groups excluding tert-OH is 2. The highest BCUT2D eigenvalue weighted by Crippen LogP contribution is 2.61. The molecule has 2 aliphatic rings. The van der Waals surface area contributed by atoms with Crippen molar-refractivity contribution in [1.29, 1.82) is 0 Å². The van der Waals surface area contributed by atoms with Gasteiger partial charge in [0.05, 0.1) is 24.9 Å². The summed E-state index contributed by atoms with van der Waals surface area (Å²) in [7, 11) is -10.4. The Morgan fingerprint density at radius 3 is 2.54 bits per heavy atom. The Balaban J connectivity index is 1.58. The van der Waals surface area contributed by atoms with Crippen LogP contribution in [0.2, 0.25) is 0 Å². The van der Waals surface area contributed by atoms with E-state index in [1.54, 1.807) is 0 Å². The smallest absolute Gasteiger partial charge is 0.390 e. The van der Waals surface area contributed by atoms with Crippen molar-refractivity contribution >= 4 is 15.6 Å². The lowest BCUT2D eigenvalue weighted by Gasteiger charge is -2.42. The summed E-state index contributed by atoms with van der Waals surface area (Å²) in [6, 6.07) is 0. The van der Waals surface area contributed by atoms with Crippen molar-refractivity contribution in [2.45, 2.75) is 76.1 Å². The number of rotatable bonds is 8. The van der Waals surface area contributed by atoms with E-state index in [0.717, 1.165) is 4.57 Å². The monoisotopic (exact) mass is 545 g/mol. The number of aliphatic hydroxyl groups is 2. The molecule has 2 aliphatic heterocycles. The number of ether oxygens (including phenoxy) is 2. The first kappa shape index (κ1) is 28.3. The second-order valence-corrected chi connectivity index (χ2v) is 11.8. The van der Waals surface area contributed by atoms with Crippen molar-refractivity contribution in [3.63, 3.8) is 0 Å². The van der Waals surface area contributed by atoms with Crippen LogP contribution in [-0.4, -0.2) is 72.4 Å². The number of phosphoric ester groups is 2. The fourth-order valence-corrected chi connectivity index (χ4v) is 5.91. The third kappa shape index (κ3) is 6.95. The van der Waals surface area contributed by atoms with Crippen LogP contribution in [0.1, 0.15) is 38.5 Å². The maximum atomic E-state index is 12.3.